The van der Waals surface area contributed by atoms with E-state index in [9.17, 15) is 9.59 Å². The third kappa shape index (κ3) is 3.92. The van der Waals surface area contributed by atoms with Gasteiger partial charge in [0.25, 0.3) is 11.8 Å². The molecule has 0 atom stereocenters. The summed E-state index contributed by atoms with van der Waals surface area (Å²) in [5, 5.41) is 9.23. The monoisotopic (exact) mass is 503 g/mol. The minimum absolute atomic E-state index is 0.324. The van der Waals surface area contributed by atoms with Gasteiger partial charge in [0.1, 0.15) is 5.69 Å². The van der Waals surface area contributed by atoms with Crippen LogP contribution in [-0.4, -0.2) is 51.7 Å². The Kier molecular flexibility index (Phi) is 5.93. The van der Waals surface area contributed by atoms with Gasteiger partial charge in [-0.05, 0) is 57.7 Å². The zero-order valence-corrected chi connectivity index (χ0v) is 21.7. The molecule has 0 saturated heterocycles. The number of carbonyl (C=O) groups is 2. The fourth-order valence-corrected chi connectivity index (χ4v) is 5.37. The second kappa shape index (κ2) is 9.43. The minimum atomic E-state index is -0.415. The lowest BCUT2D eigenvalue weighted by Crippen LogP contribution is -2.22. The normalized spacial score (nSPS) is 13.9. The molecular weight excluding hydrogens is 474 g/mol. The van der Waals surface area contributed by atoms with Crippen LogP contribution < -0.4 is 5.32 Å². The molecule has 0 radical (unpaired) electrons. The Labute approximate surface area is 221 Å². The highest BCUT2D eigenvalue weighted by molar-refractivity contribution is 6.50. The number of nitrogens with zero attached hydrogens (tertiary/aromatic N) is 4. The van der Waals surface area contributed by atoms with Gasteiger partial charge in [-0.1, -0.05) is 54.6 Å². The summed E-state index contributed by atoms with van der Waals surface area (Å²) in [5.41, 5.74) is 6.00. The van der Waals surface area contributed by atoms with Crippen LogP contribution in [0, 0.1) is 6.92 Å². The molecule has 7 heteroatoms. The summed E-state index contributed by atoms with van der Waals surface area (Å²) < 4.78 is 4.05. The maximum atomic E-state index is 13.4. The summed E-state index contributed by atoms with van der Waals surface area (Å²) in [5.74, 6) is -0.814. The molecule has 0 saturated carbocycles. The summed E-state index contributed by atoms with van der Waals surface area (Å²) in [4.78, 5) is 28.9. The Morgan fingerprint density at radius 2 is 1.47 bits per heavy atom. The van der Waals surface area contributed by atoms with Crippen molar-refractivity contribution in [2.24, 2.45) is 0 Å². The Hall–Kier alpha value is -4.49. The molecule has 1 aliphatic rings. The largest absolute Gasteiger partial charge is 0.316 e. The molecule has 2 amide bonds. The lowest BCUT2D eigenvalue weighted by molar-refractivity contribution is -0.122. The van der Waals surface area contributed by atoms with E-state index in [1.165, 1.54) is 0 Å². The van der Waals surface area contributed by atoms with Gasteiger partial charge in [0.2, 0.25) is 0 Å². The molecule has 7 nitrogen and oxygen atoms in total. The van der Waals surface area contributed by atoms with Gasteiger partial charge in [-0.25, -0.2) is 0 Å². The first-order valence-corrected chi connectivity index (χ1v) is 12.8. The van der Waals surface area contributed by atoms with E-state index in [0.717, 1.165) is 46.0 Å². The van der Waals surface area contributed by atoms with E-state index in [0.29, 0.717) is 28.9 Å². The predicted molar refractivity (Wildman–Crippen MR) is 151 cm³/mol. The molecule has 0 unspecified atom stereocenters. The van der Waals surface area contributed by atoms with Crippen LogP contribution in [0.4, 0.5) is 0 Å². The van der Waals surface area contributed by atoms with Crippen molar-refractivity contribution in [2.45, 2.75) is 19.9 Å². The molecule has 1 aliphatic heterocycles. The van der Waals surface area contributed by atoms with E-state index in [4.69, 9.17) is 5.10 Å². The van der Waals surface area contributed by atoms with Crippen molar-refractivity contribution in [3.8, 4) is 5.69 Å². The van der Waals surface area contributed by atoms with Crippen LogP contribution in [0.25, 0.3) is 38.6 Å². The Morgan fingerprint density at radius 3 is 2.24 bits per heavy atom. The van der Waals surface area contributed by atoms with Gasteiger partial charge < -0.3 is 9.47 Å². The summed E-state index contributed by atoms with van der Waals surface area (Å²) in [6, 6.07) is 24.0. The van der Waals surface area contributed by atoms with Crippen LogP contribution in [0.15, 0.2) is 79.0 Å². The summed E-state index contributed by atoms with van der Waals surface area (Å²) in [6.45, 7) is 3.70. The maximum Gasteiger partial charge on any atom is 0.261 e. The highest BCUT2D eigenvalue weighted by Crippen LogP contribution is 2.38. The number of aryl methyl sites for hydroxylation is 2. The number of aromatic nitrogens is 3. The molecule has 3 aromatic carbocycles. The Balaban J connectivity index is 1.58. The van der Waals surface area contributed by atoms with Crippen molar-refractivity contribution in [3.63, 3.8) is 0 Å². The number of benzene rings is 3. The van der Waals surface area contributed by atoms with Gasteiger partial charge in [-0.15, -0.1) is 0 Å². The summed E-state index contributed by atoms with van der Waals surface area (Å²) in [6.07, 6.45) is 2.88. The molecule has 0 fully saturated rings. The molecule has 0 aliphatic carbocycles. The zero-order chi connectivity index (χ0) is 26.4. The molecule has 38 heavy (non-hydrogen) atoms. The number of hydrogen-bond donors (Lipinski definition) is 1. The van der Waals surface area contributed by atoms with E-state index in [1.807, 2.05) is 85.6 Å². The number of amides is 2. The van der Waals surface area contributed by atoms with Gasteiger partial charge in [-0.2, -0.15) is 5.10 Å². The second-order valence-electron chi connectivity index (χ2n) is 10.00. The van der Waals surface area contributed by atoms with Gasteiger partial charge in [0, 0.05) is 34.8 Å². The number of carbonyl (C=O) groups excluding carboxylic acids is 2. The number of para-hydroxylation sites is 3. The van der Waals surface area contributed by atoms with Crippen LogP contribution >= 0.6 is 0 Å². The quantitative estimate of drug-likeness (QED) is 0.324. The highest BCUT2D eigenvalue weighted by atomic mass is 16.2. The predicted octanol–water partition coefficient (Wildman–Crippen LogP) is 4.81. The van der Waals surface area contributed by atoms with Crippen LogP contribution in [0.3, 0.4) is 0 Å². The number of rotatable bonds is 7. The second-order valence-corrected chi connectivity index (χ2v) is 10.00. The average Bonchev–Trinajstić information content (AvgIpc) is 3.55. The lowest BCUT2D eigenvalue weighted by atomic mass is 9.97. The summed E-state index contributed by atoms with van der Waals surface area (Å²) in [7, 11) is 4.09. The van der Waals surface area contributed by atoms with E-state index >= 15 is 0 Å². The number of imide groups is 1. The Bertz CT molecular complexity index is 1750. The molecular formula is C31H29N5O2. The van der Waals surface area contributed by atoms with Crippen molar-refractivity contribution in [3.05, 3.63) is 95.8 Å². The smallest absolute Gasteiger partial charge is 0.261 e. The molecule has 0 spiro atoms. The van der Waals surface area contributed by atoms with E-state index in [-0.39, 0.29) is 0 Å². The number of nitrogens with one attached hydrogen (secondary N) is 1. The Morgan fingerprint density at radius 1 is 0.816 bits per heavy atom. The minimum Gasteiger partial charge on any atom is -0.316 e. The van der Waals surface area contributed by atoms with Gasteiger partial charge >= 0.3 is 0 Å². The molecule has 5 aromatic rings. The van der Waals surface area contributed by atoms with Crippen molar-refractivity contribution < 1.29 is 9.59 Å². The molecule has 0 bridgehead atoms. The fourth-order valence-electron chi connectivity index (χ4n) is 5.37. The fraction of sp³-hybridized carbons (Fsp3) is 0.194. The van der Waals surface area contributed by atoms with Crippen LogP contribution in [-0.2, 0) is 16.1 Å². The van der Waals surface area contributed by atoms with Crippen molar-refractivity contribution >= 4 is 44.8 Å². The standard InChI is InChI=1S/C31H29N5O2/c1-20-11-4-7-14-24(20)35-19-23(21-12-5-8-15-25(21)35)27-28(31(38)32-30(27)37)29-22-13-6-9-16-26(22)36(33-29)18-10-17-34(2)3/h4-9,11-16,19H,10,17-18H2,1-3H3,(H,32,37,38). The first-order valence-electron chi connectivity index (χ1n) is 12.8. The highest BCUT2D eigenvalue weighted by Gasteiger charge is 2.36. The first kappa shape index (κ1) is 23.9. The van der Waals surface area contributed by atoms with Gasteiger partial charge in [0.15, 0.2) is 0 Å². The molecule has 3 heterocycles. The third-order valence-corrected chi connectivity index (χ3v) is 7.16. The van der Waals surface area contributed by atoms with Crippen molar-refractivity contribution in [1.29, 1.82) is 0 Å². The SMILES string of the molecule is Cc1ccccc1-n1cc(C2=C(c3nn(CCCN(C)C)c4ccccc34)C(=O)NC2=O)c2ccccc21. The zero-order valence-electron chi connectivity index (χ0n) is 21.7. The maximum absolute atomic E-state index is 13.4. The van der Waals surface area contributed by atoms with Crippen molar-refractivity contribution in [1.82, 2.24) is 24.6 Å². The van der Waals surface area contributed by atoms with Crippen LogP contribution in [0.5, 0.6) is 0 Å². The summed E-state index contributed by atoms with van der Waals surface area (Å²) >= 11 is 0. The molecule has 6 rings (SSSR count). The lowest BCUT2D eigenvalue weighted by Gasteiger charge is -2.09. The van der Waals surface area contributed by atoms with Crippen LogP contribution in [0.2, 0.25) is 0 Å². The topological polar surface area (TPSA) is 72.2 Å². The van der Waals surface area contributed by atoms with Crippen LogP contribution in [0.1, 0.15) is 23.2 Å². The first-order chi connectivity index (χ1) is 18.4. The van der Waals surface area contributed by atoms with E-state index in [2.05, 4.69) is 33.8 Å². The van der Waals surface area contributed by atoms with Crippen molar-refractivity contribution in [2.75, 3.05) is 20.6 Å². The van der Waals surface area contributed by atoms with Gasteiger partial charge in [0.05, 0.1) is 22.2 Å². The third-order valence-electron chi connectivity index (χ3n) is 7.16. The molecule has 1 N–H and O–H groups in total. The van der Waals surface area contributed by atoms with E-state index < -0.39 is 11.8 Å². The average molecular weight is 504 g/mol. The molecule has 190 valence electrons. The van der Waals surface area contributed by atoms with Gasteiger partial charge in [-0.3, -0.25) is 19.6 Å². The number of hydrogen-bond acceptors (Lipinski definition) is 4. The molecule has 2 aromatic heterocycles. The van der Waals surface area contributed by atoms with E-state index in [1.54, 1.807) is 0 Å². The number of fused-ring (bicyclic) bond motifs is 2.